The molecule has 6 nitrogen and oxygen atoms in total. The van der Waals surface area contributed by atoms with Gasteiger partial charge in [-0.25, -0.2) is 4.99 Å². The number of hydrogen-bond donors (Lipinski definition) is 1. The summed E-state index contributed by atoms with van der Waals surface area (Å²) >= 11 is 6.09. The number of hydrogen-bond acceptors (Lipinski definition) is 7. The Morgan fingerprint density at radius 2 is 1.92 bits per heavy atom. The highest BCUT2D eigenvalue weighted by Gasteiger charge is 2.40. The van der Waals surface area contributed by atoms with E-state index in [4.69, 9.17) is 4.74 Å². The van der Waals surface area contributed by atoms with Gasteiger partial charge in [0.15, 0.2) is 5.78 Å². The van der Waals surface area contributed by atoms with Crippen LogP contribution in [-0.4, -0.2) is 30.3 Å². The fraction of sp³-hybridized carbons (Fsp3) is 0.185. The third kappa shape index (κ3) is 5.62. The van der Waals surface area contributed by atoms with Crippen LogP contribution in [0.5, 0.6) is 5.75 Å². The molecule has 2 aromatic carbocycles. The van der Waals surface area contributed by atoms with Gasteiger partial charge < -0.3 is 10.1 Å². The fourth-order valence-corrected chi connectivity index (χ4v) is 6.09. The van der Waals surface area contributed by atoms with Crippen molar-refractivity contribution in [3.63, 3.8) is 0 Å². The maximum absolute atomic E-state index is 13.6. The maximum Gasteiger partial charge on any atom is 0.234 e. The first-order valence-electron chi connectivity index (χ1n) is 11.0. The zero-order valence-corrected chi connectivity index (χ0v) is 22.7. The minimum absolute atomic E-state index is 0.0612. The monoisotopic (exact) mass is 579 g/mol. The second kappa shape index (κ2) is 11.7. The average molecular weight is 581 g/mol. The van der Waals surface area contributed by atoms with E-state index in [1.54, 1.807) is 38.3 Å². The van der Waals surface area contributed by atoms with E-state index in [2.05, 4.69) is 32.3 Å². The number of carbonyl (C=O) groups excluding carboxylic acids is 2. The van der Waals surface area contributed by atoms with Crippen molar-refractivity contribution in [2.75, 3.05) is 18.2 Å². The minimum Gasteiger partial charge on any atom is -0.495 e. The number of amides is 1. The van der Waals surface area contributed by atoms with E-state index in [9.17, 15) is 14.9 Å². The predicted molar refractivity (Wildman–Crippen MR) is 149 cm³/mol. The number of nitriles is 1. The molecule has 36 heavy (non-hydrogen) atoms. The number of nitrogens with zero attached hydrogens (tertiary/aromatic N) is 2. The van der Waals surface area contributed by atoms with E-state index in [0.717, 1.165) is 9.35 Å². The molecule has 0 aliphatic carbocycles. The van der Waals surface area contributed by atoms with Crippen molar-refractivity contribution < 1.29 is 14.3 Å². The quantitative estimate of drug-likeness (QED) is 0.300. The van der Waals surface area contributed by atoms with E-state index < -0.39 is 11.8 Å². The summed E-state index contributed by atoms with van der Waals surface area (Å²) in [5.74, 6) is -0.852. The van der Waals surface area contributed by atoms with Gasteiger partial charge >= 0.3 is 0 Å². The fourth-order valence-electron chi connectivity index (χ4n) is 3.99. The molecule has 9 heteroatoms. The molecule has 0 saturated heterocycles. The molecule has 0 fully saturated rings. The molecule has 1 N–H and O–H groups in total. The molecule has 0 radical (unpaired) electrons. The summed E-state index contributed by atoms with van der Waals surface area (Å²) in [6, 6.07) is 20.4. The zero-order valence-electron chi connectivity index (χ0n) is 19.5. The van der Waals surface area contributed by atoms with E-state index >= 15 is 0 Å². The number of anilines is 1. The lowest BCUT2D eigenvalue weighted by Crippen LogP contribution is -2.36. The topological polar surface area (TPSA) is 91.5 Å². The Labute approximate surface area is 226 Å². The van der Waals surface area contributed by atoms with Crippen molar-refractivity contribution in [2.45, 2.75) is 12.8 Å². The molecule has 1 aromatic heterocycles. The molecule has 4 rings (SSSR count). The lowest BCUT2D eigenvalue weighted by atomic mass is 9.80. The van der Waals surface area contributed by atoms with Crippen LogP contribution in [0, 0.1) is 17.2 Å². The summed E-state index contributed by atoms with van der Waals surface area (Å²) in [5.41, 5.74) is 2.10. The smallest absolute Gasteiger partial charge is 0.234 e. The molecule has 0 bridgehead atoms. The van der Waals surface area contributed by atoms with E-state index in [0.29, 0.717) is 33.3 Å². The molecule has 182 valence electrons. The largest absolute Gasteiger partial charge is 0.495 e. The molecule has 1 aliphatic rings. The van der Waals surface area contributed by atoms with Crippen LogP contribution in [0.25, 0.3) is 0 Å². The predicted octanol–water partition coefficient (Wildman–Crippen LogP) is 6.68. The van der Waals surface area contributed by atoms with Crippen molar-refractivity contribution in [1.82, 2.24) is 0 Å². The molecule has 1 amide bonds. The van der Waals surface area contributed by atoms with Crippen molar-refractivity contribution in [1.29, 1.82) is 5.26 Å². The Balaban J connectivity index is 1.64. The van der Waals surface area contributed by atoms with Crippen LogP contribution in [-0.2, 0) is 4.79 Å². The van der Waals surface area contributed by atoms with E-state index in [1.165, 1.54) is 23.1 Å². The standard InChI is InChI=1S/C27H22BrN3O3S2/c1-16-24(26(33)31-20-6-3-4-7-22(20)34-2)25(23-8-5-13-35-23)19(14-29)27(30-16)36-15-21(32)17-9-11-18(28)12-10-17/h3-13,24-25H,15H2,1-2H3,(H,31,33). The highest BCUT2D eigenvalue weighted by Crippen LogP contribution is 2.44. The Morgan fingerprint density at radius 1 is 1.17 bits per heavy atom. The van der Waals surface area contributed by atoms with Crippen molar-refractivity contribution >= 4 is 62.1 Å². The first-order valence-corrected chi connectivity index (χ1v) is 13.7. The number of halogens is 1. The number of ketones is 1. The molecule has 2 unspecified atom stereocenters. The SMILES string of the molecule is COc1ccccc1NC(=O)C1C(C)=NC(SCC(=O)c2ccc(Br)cc2)=C(C#N)C1c1cccs1. The number of ether oxygens (including phenoxy) is 1. The van der Waals surface area contributed by atoms with Crippen LogP contribution in [0.4, 0.5) is 5.69 Å². The van der Waals surface area contributed by atoms with Gasteiger partial charge in [-0.3, -0.25) is 9.59 Å². The summed E-state index contributed by atoms with van der Waals surface area (Å²) in [7, 11) is 1.54. The van der Waals surface area contributed by atoms with Crippen LogP contribution in [0.1, 0.15) is 28.1 Å². The number of nitrogens with one attached hydrogen (secondary N) is 1. The molecule has 0 saturated carbocycles. The molecular formula is C27H22BrN3O3S2. The van der Waals surface area contributed by atoms with Gasteiger partial charge in [-0.05, 0) is 42.6 Å². The first-order chi connectivity index (χ1) is 17.4. The molecule has 2 atom stereocenters. The highest BCUT2D eigenvalue weighted by atomic mass is 79.9. The van der Waals surface area contributed by atoms with E-state index in [-0.39, 0.29) is 17.4 Å². The summed E-state index contributed by atoms with van der Waals surface area (Å²) in [5, 5.41) is 15.5. The molecule has 2 heterocycles. The third-order valence-electron chi connectivity index (χ3n) is 5.73. The number of allylic oxidation sites excluding steroid dienone is 1. The number of carbonyl (C=O) groups is 2. The number of benzene rings is 2. The molecule has 3 aromatic rings. The van der Waals surface area contributed by atoms with Gasteiger partial charge in [0.2, 0.25) is 5.91 Å². The Morgan fingerprint density at radius 3 is 2.58 bits per heavy atom. The Hall–Kier alpha value is -3.19. The van der Waals surface area contributed by atoms with E-state index in [1.807, 2.05) is 41.8 Å². The van der Waals surface area contributed by atoms with Gasteiger partial charge in [0.05, 0.1) is 36.1 Å². The normalized spacial score (nSPS) is 17.2. The zero-order chi connectivity index (χ0) is 25.7. The van der Waals surface area contributed by atoms with Crippen LogP contribution in [0.2, 0.25) is 0 Å². The van der Waals surface area contributed by atoms with Crippen LogP contribution in [0.15, 0.2) is 86.1 Å². The Bertz CT molecular complexity index is 1380. The molecule has 0 spiro atoms. The van der Waals surface area contributed by atoms with Crippen molar-refractivity contribution in [3.05, 3.63) is 91.6 Å². The summed E-state index contributed by atoms with van der Waals surface area (Å²) < 4.78 is 6.27. The van der Waals surface area contributed by atoms with Gasteiger partial charge in [-0.2, -0.15) is 5.26 Å². The molecule has 1 aliphatic heterocycles. The van der Waals surface area contributed by atoms with Gasteiger partial charge in [0.1, 0.15) is 10.8 Å². The van der Waals surface area contributed by atoms with Gasteiger partial charge in [-0.1, -0.05) is 58.0 Å². The number of methoxy groups -OCH3 is 1. The first kappa shape index (κ1) is 25.9. The number of para-hydroxylation sites is 2. The summed E-state index contributed by atoms with van der Waals surface area (Å²) in [6.07, 6.45) is 0. The number of aliphatic imine (C=N–C) groups is 1. The maximum atomic E-state index is 13.6. The summed E-state index contributed by atoms with van der Waals surface area (Å²) in [4.78, 5) is 31.9. The number of thioether (sulfide) groups is 1. The third-order valence-corrected chi connectivity index (χ3v) is 8.20. The van der Waals surface area contributed by atoms with Gasteiger partial charge in [0, 0.05) is 26.5 Å². The van der Waals surface area contributed by atoms with Crippen LogP contribution in [0.3, 0.4) is 0 Å². The van der Waals surface area contributed by atoms with Crippen molar-refractivity contribution in [3.8, 4) is 11.8 Å². The lowest BCUT2D eigenvalue weighted by molar-refractivity contribution is -0.118. The van der Waals surface area contributed by atoms with Gasteiger partial charge in [0.25, 0.3) is 0 Å². The molecular weight excluding hydrogens is 558 g/mol. The number of Topliss-reactive ketones (excluding diaryl/α,β-unsaturated/α-hetero) is 1. The average Bonchev–Trinajstić information content (AvgIpc) is 3.42. The van der Waals surface area contributed by atoms with Crippen molar-refractivity contribution in [2.24, 2.45) is 10.9 Å². The number of rotatable bonds is 8. The second-order valence-corrected chi connectivity index (χ2v) is 10.8. The minimum atomic E-state index is -0.685. The lowest BCUT2D eigenvalue weighted by Gasteiger charge is -2.30. The van der Waals surface area contributed by atoms with Crippen LogP contribution < -0.4 is 10.1 Å². The Kier molecular flexibility index (Phi) is 8.41. The summed E-state index contributed by atoms with van der Waals surface area (Å²) in [6.45, 7) is 1.79. The number of thiophene rings is 1. The second-order valence-electron chi connectivity index (χ2n) is 7.96. The van der Waals surface area contributed by atoms with Crippen LogP contribution >= 0.6 is 39.0 Å². The highest BCUT2D eigenvalue weighted by molar-refractivity contribution is 9.10. The van der Waals surface area contributed by atoms with Gasteiger partial charge in [-0.15, -0.1) is 11.3 Å².